The molecule has 10 heteroatoms. The Morgan fingerprint density at radius 3 is 1.25 bits per heavy atom. The lowest BCUT2D eigenvalue weighted by molar-refractivity contribution is -0.140. The number of halogens is 4. The predicted octanol–water partition coefficient (Wildman–Crippen LogP) is 1.08. The molecule has 0 rings (SSSR count). The van der Waals surface area contributed by atoms with Crippen LogP contribution in [0.25, 0.3) is 0 Å². The van der Waals surface area contributed by atoms with Crippen molar-refractivity contribution in [2.45, 2.75) is 0 Å². The van der Waals surface area contributed by atoms with Gasteiger partial charge in [-0.15, -0.1) is 48.0 Å². The first kappa shape index (κ1) is 25.0. The summed E-state index contributed by atoms with van der Waals surface area (Å²) in [6, 6.07) is 0. The van der Waals surface area contributed by atoms with E-state index in [1.807, 2.05) is 0 Å². The highest BCUT2D eigenvalue weighted by atomic mass is 35.5. The second-order valence-corrected chi connectivity index (χ2v) is 4.47. The highest BCUT2D eigenvalue weighted by Crippen LogP contribution is 1.95. The Morgan fingerprint density at radius 2 is 1.05 bits per heavy atom. The van der Waals surface area contributed by atoms with E-state index in [0.717, 1.165) is 0 Å². The summed E-state index contributed by atoms with van der Waals surface area (Å²) < 4.78 is 0. The van der Waals surface area contributed by atoms with Crippen LogP contribution in [0.2, 0.25) is 0 Å². The molecule has 0 saturated carbocycles. The molecule has 122 valence electrons. The van der Waals surface area contributed by atoms with Crippen LogP contribution in [0.15, 0.2) is 0 Å². The first-order valence-electron chi connectivity index (χ1n) is 5.49. The fourth-order valence-electron chi connectivity index (χ4n) is 1.44. The van der Waals surface area contributed by atoms with Gasteiger partial charge in [-0.2, -0.15) is 0 Å². The summed E-state index contributed by atoms with van der Waals surface area (Å²) in [5.41, 5.74) is 0. The maximum absolute atomic E-state index is 10.6. The van der Waals surface area contributed by atoms with Gasteiger partial charge in [0.15, 0.2) is 0 Å². The van der Waals surface area contributed by atoms with Gasteiger partial charge in [-0.25, -0.2) is 0 Å². The quantitative estimate of drug-likeness (QED) is 0.527. The second kappa shape index (κ2) is 15.4. The highest BCUT2D eigenvalue weighted by molar-refractivity contribution is 6.18. The monoisotopic (exact) mass is 372 g/mol. The molecule has 0 aliphatic carbocycles. The molecule has 0 amide bonds. The molecular weight excluding hydrogens is 354 g/mol. The summed E-state index contributed by atoms with van der Waals surface area (Å²) in [6.45, 7) is 1.60. The van der Waals surface area contributed by atoms with E-state index in [4.69, 9.17) is 33.4 Å². The third-order valence-corrected chi connectivity index (χ3v) is 2.59. The third kappa shape index (κ3) is 14.4. The Morgan fingerprint density at radius 1 is 0.750 bits per heavy atom. The summed E-state index contributed by atoms with van der Waals surface area (Å²) in [6.07, 6.45) is 0. The van der Waals surface area contributed by atoms with E-state index >= 15 is 0 Å². The molecule has 0 atom stereocenters. The highest BCUT2D eigenvalue weighted by Gasteiger charge is 2.13. The summed E-state index contributed by atoms with van der Waals surface area (Å²) in [5, 5.41) is 17.4. The largest absolute Gasteiger partial charge is 0.480 e. The molecule has 0 saturated heterocycles. The molecule has 0 unspecified atom stereocenters. The SMILES string of the molecule is Cl.Cl.O=C(O)CN(CCCl)CCN(CCCl)CC(=O)O. The predicted molar refractivity (Wildman–Crippen MR) is 84.1 cm³/mol. The van der Waals surface area contributed by atoms with E-state index in [0.29, 0.717) is 37.9 Å². The van der Waals surface area contributed by atoms with Crippen LogP contribution in [-0.4, -0.2) is 83.0 Å². The molecule has 0 radical (unpaired) electrons. The van der Waals surface area contributed by atoms with Crippen molar-refractivity contribution in [3.05, 3.63) is 0 Å². The maximum Gasteiger partial charge on any atom is 0.317 e. The molecule has 2 N–H and O–H groups in total. The van der Waals surface area contributed by atoms with Gasteiger partial charge in [-0.3, -0.25) is 19.4 Å². The number of hydrogen-bond acceptors (Lipinski definition) is 4. The summed E-state index contributed by atoms with van der Waals surface area (Å²) >= 11 is 11.2. The molecule has 0 aliphatic heterocycles. The van der Waals surface area contributed by atoms with Gasteiger partial charge in [0.05, 0.1) is 13.1 Å². The minimum Gasteiger partial charge on any atom is -0.480 e. The molecule has 0 heterocycles. The van der Waals surface area contributed by atoms with Crippen molar-refractivity contribution in [1.29, 1.82) is 0 Å². The van der Waals surface area contributed by atoms with Gasteiger partial charge in [0.2, 0.25) is 0 Å². The molecular formula is C10H20Cl4N2O4. The van der Waals surface area contributed by atoms with E-state index < -0.39 is 11.9 Å². The number of aliphatic carboxylic acids is 2. The third-order valence-electron chi connectivity index (χ3n) is 2.25. The van der Waals surface area contributed by atoms with Crippen LogP contribution in [0.4, 0.5) is 0 Å². The average Bonchev–Trinajstić information content (AvgIpc) is 2.24. The molecule has 0 aromatic rings. The molecule has 0 aliphatic rings. The van der Waals surface area contributed by atoms with Crippen molar-refractivity contribution in [2.75, 3.05) is 51.0 Å². The number of alkyl halides is 2. The average molecular weight is 374 g/mol. The lowest BCUT2D eigenvalue weighted by atomic mass is 10.4. The zero-order valence-electron chi connectivity index (χ0n) is 10.8. The molecule has 6 nitrogen and oxygen atoms in total. The van der Waals surface area contributed by atoms with Gasteiger partial charge in [0, 0.05) is 37.9 Å². The Labute approximate surface area is 140 Å². The summed E-state index contributed by atoms with van der Waals surface area (Å²) in [7, 11) is 0. The van der Waals surface area contributed by atoms with Gasteiger partial charge < -0.3 is 10.2 Å². The Bertz CT molecular complexity index is 246. The van der Waals surface area contributed by atoms with Gasteiger partial charge >= 0.3 is 11.9 Å². The maximum atomic E-state index is 10.6. The van der Waals surface area contributed by atoms with Crippen molar-refractivity contribution in [2.24, 2.45) is 0 Å². The minimum absolute atomic E-state index is 0. The smallest absolute Gasteiger partial charge is 0.317 e. The summed E-state index contributed by atoms with van der Waals surface area (Å²) in [4.78, 5) is 24.6. The van der Waals surface area contributed by atoms with E-state index in [2.05, 4.69) is 0 Å². The Hall–Kier alpha value is 0.0200. The van der Waals surface area contributed by atoms with Crippen LogP contribution in [-0.2, 0) is 9.59 Å². The molecule has 0 fully saturated rings. The van der Waals surface area contributed by atoms with Crippen LogP contribution in [0, 0.1) is 0 Å². The fourth-order valence-corrected chi connectivity index (χ4v) is 1.92. The Kier molecular flexibility index (Phi) is 19.3. The number of carboxylic acid groups (broad SMARTS) is 2. The van der Waals surface area contributed by atoms with E-state index in [1.54, 1.807) is 9.80 Å². The van der Waals surface area contributed by atoms with Crippen LogP contribution in [0.3, 0.4) is 0 Å². The number of hydrogen-bond donors (Lipinski definition) is 2. The minimum atomic E-state index is -0.928. The van der Waals surface area contributed by atoms with Crippen LogP contribution < -0.4 is 0 Å². The number of nitrogens with zero attached hydrogens (tertiary/aromatic N) is 2. The van der Waals surface area contributed by atoms with Crippen molar-refractivity contribution in [3.63, 3.8) is 0 Å². The first-order chi connectivity index (χ1) is 8.49. The van der Waals surface area contributed by atoms with Crippen molar-refractivity contribution >= 4 is 60.0 Å². The number of carboxylic acids is 2. The number of rotatable bonds is 11. The topological polar surface area (TPSA) is 81.1 Å². The van der Waals surface area contributed by atoms with Gasteiger partial charge in [0.25, 0.3) is 0 Å². The van der Waals surface area contributed by atoms with Crippen molar-refractivity contribution in [3.8, 4) is 0 Å². The molecule has 20 heavy (non-hydrogen) atoms. The van der Waals surface area contributed by atoms with E-state index in [-0.39, 0.29) is 37.9 Å². The fraction of sp³-hybridized carbons (Fsp3) is 0.800. The van der Waals surface area contributed by atoms with Crippen LogP contribution >= 0.6 is 48.0 Å². The lowest BCUT2D eigenvalue weighted by Gasteiger charge is -2.24. The molecule has 0 bridgehead atoms. The van der Waals surface area contributed by atoms with E-state index in [9.17, 15) is 9.59 Å². The molecule has 0 spiro atoms. The van der Waals surface area contributed by atoms with Crippen molar-refractivity contribution in [1.82, 2.24) is 9.80 Å². The summed E-state index contributed by atoms with van der Waals surface area (Å²) in [5.74, 6) is -1.19. The molecule has 0 aromatic carbocycles. The zero-order chi connectivity index (χ0) is 14.0. The number of carbonyl (C=O) groups is 2. The van der Waals surface area contributed by atoms with Gasteiger partial charge in [-0.05, 0) is 0 Å². The van der Waals surface area contributed by atoms with Crippen molar-refractivity contribution < 1.29 is 19.8 Å². The van der Waals surface area contributed by atoms with Crippen LogP contribution in [0.5, 0.6) is 0 Å². The van der Waals surface area contributed by atoms with E-state index in [1.165, 1.54) is 0 Å². The van der Waals surface area contributed by atoms with Gasteiger partial charge in [0.1, 0.15) is 0 Å². The van der Waals surface area contributed by atoms with Gasteiger partial charge in [-0.1, -0.05) is 0 Å². The van der Waals surface area contributed by atoms with Crippen LogP contribution in [0.1, 0.15) is 0 Å². The zero-order valence-corrected chi connectivity index (χ0v) is 14.0. The first-order valence-corrected chi connectivity index (χ1v) is 6.56. The molecule has 0 aromatic heterocycles. The lowest BCUT2D eigenvalue weighted by Crippen LogP contribution is -2.41. The standard InChI is InChI=1S/C10H18Cl2N2O4.2ClH/c11-1-3-13(7-9(15)16)5-6-14(4-2-12)8-10(17)18;;/h1-8H2,(H,15,16)(H,17,18);2*1H. The Balaban J connectivity index is -0.00000144. The second-order valence-electron chi connectivity index (χ2n) is 3.72. The normalized spacial score (nSPS) is 10.0.